The molecule has 6 heteroatoms. The third-order valence-electron chi connectivity index (χ3n) is 12.3. The van der Waals surface area contributed by atoms with Gasteiger partial charge in [-0.2, -0.15) is 0 Å². The second-order valence-corrected chi connectivity index (χ2v) is 19.1. The monoisotopic (exact) mass is 832 g/mol. The fraction of sp³-hybridized carbons (Fsp3) is 0.692. The Kier molecular flexibility index (Phi) is 24.7. The van der Waals surface area contributed by atoms with Crippen molar-refractivity contribution in [3.63, 3.8) is 0 Å². The van der Waals surface area contributed by atoms with Gasteiger partial charge in [-0.1, -0.05) is 194 Å². The highest BCUT2D eigenvalue weighted by molar-refractivity contribution is 7.14. The molecule has 4 aromatic rings. The number of nitrogens with zero attached hydrogens (tertiary/aromatic N) is 1. The number of unbranched alkanes of at least 4 members (excludes halogenated alkanes) is 27. The van der Waals surface area contributed by atoms with Gasteiger partial charge < -0.3 is 8.98 Å². The second kappa shape index (κ2) is 29.7. The van der Waals surface area contributed by atoms with Gasteiger partial charge in [-0.15, -0.1) is 22.7 Å². The minimum Gasteiger partial charge on any atom is -0.421 e. The Balaban J connectivity index is 1.45. The molecule has 0 saturated heterocycles. The number of pyridine rings is 1. The van der Waals surface area contributed by atoms with Crippen molar-refractivity contribution in [2.24, 2.45) is 0 Å². The number of hydrogen-bond donors (Lipinski definition) is 0. The van der Waals surface area contributed by atoms with E-state index in [4.69, 9.17) is 4.42 Å². The first-order valence-electron chi connectivity index (χ1n) is 24.4. The van der Waals surface area contributed by atoms with Crippen molar-refractivity contribution in [3.05, 3.63) is 66.9 Å². The van der Waals surface area contributed by atoms with Gasteiger partial charge in [-0.25, -0.2) is 4.79 Å². The molecule has 0 fully saturated rings. The summed E-state index contributed by atoms with van der Waals surface area (Å²) >= 11 is 3.33. The lowest BCUT2D eigenvalue weighted by Crippen LogP contribution is -2.24. The van der Waals surface area contributed by atoms with Crippen LogP contribution in [0.25, 0.3) is 32.0 Å². The van der Waals surface area contributed by atoms with Gasteiger partial charge in [0, 0.05) is 6.54 Å². The first-order chi connectivity index (χ1) is 28.6. The van der Waals surface area contributed by atoms with Gasteiger partial charge in [0.2, 0.25) is 0 Å². The fourth-order valence-corrected chi connectivity index (χ4v) is 10.6. The van der Waals surface area contributed by atoms with Crippen LogP contribution in [0.4, 0.5) is 0 Å². The van der Waals surface area contributed by atoms with Crippen molar-refractivity contribution in [1.29, 1.82) is 0 Å². The summed E-state index contributed by atoms with van der Waals surface area (Å²) < 4.78 is 8.09. The smallest absolute Gasteiger partial charge is 0.344 e. The molecule has 0 N–H and O–H groups in total. The Morgan fingerprint density at radius 1 is 0.466 bits per heavy atom. The highest BCUT2D eigenvalue weighted by atomic mass is 32.1. The molecule has 4 aromatic heterocycles. The zero-order valence-corrected chi connectivity index (χ0v) is 38.9. The zero-order valence-electron chi connectivity index (χ0n) is 37.3. The van der Waals surface area contributed by atoms with Crippen LogP contribution in [0.1, 0.15) is 225 Å². The maximum absolute atomic E-state index is 14.6. The average molecular weight is 832 g/mol. The summed E-state index contributed by atoms with van der Waals surface area (Å²) in [7, 11) is 0. The van der Waals surface area contributed by atoms with Gasteiger partial charge in [0.05, 0.1) is 26.2 Å². The molecule has 4 nitrogen and oxygen atoms in total. The molecule has 0 aliphatic rings. The molecule has 4 rings (SSSR count). The van der Waals surface area contributed by atoms with E-state index in [2.05, 4.69) is 43.7 Å². The van der Waals surface area contributed by atoms with E-state index >= 15 is 0 Å². The van der Waals surface area contributed by atoms with Gasteiger partial charge in [-0.3, -0.25) is 4.79 Å². The van der Waals surface area contributed by atoms with Crippen LogP contribution in [0.15, 0.2) is 49.0 Å². The van der Waals surface area contributed by atoms with Gasteiger partial charge >= 0.3 is 5.63 Å². The van der Waals surface area contributed by atoms with E-state index in [0.717, 1.165) is 54.0 Å². The highest BCUT2D eigenvalue weighted by Gasteiger charge is 2.20. The molecule has 0 radical (unpaired) electrons. The summed E-state index contributed by atoms with van der Waals surface area (Å²) in [6.07, 6.45) is 40.9. The van der Waals surface area contributed by atoms with Crippen molar-refractivity contribution in [2.75, 3.05) is 0 Å². The van der Waals surface area contributed by atoms with E-state index in [9.17, 15) is 9.59 Å². The largest absolute Gasteiger partial charge is 0.421 e. The quantitative estimate of drug-likeness (QED) is 0.0434. The van der Waals surface area contributed by atoms with Crippen LogP contribution >= 0.6 is 22.7 Å². The molecule has 0 atom stereocenters. The average Bonchev–Trinajstić information content (AvgIpc) is 3.91. The summed E-state index contributed by atoms with van der Waals surface area (Å²) in [5, 5.41) is 5.17. The Bertz CT molecular complexity index is 1780. The Morgan fingerprint density at radius 2 is 0.862 bits per heavy atom. The molecule has 0 saturated carbocycles. The molecule has 0 unspecified atom stereocenters. The predicted octanol–water partition coefficient (Wildman–Crippen LogP) is 17.3. The summed E-state index contributed by atoms with van der Waals surface area (Å²) in [5.74, 6) is 0.544. The van der Waals surface area contributed by atoms with Crippen LogP contribution in [-0.2, 0) is 19.4 Å². The van der Waals surface area contributed by atoms with E-state index < -0.39 is 5.63 Å². The van der Waals surface area contributed by atoms with E-state index in [-0.39, 0.29) is 5.56 Å². The molecule has 324 valence electrons. The Hall–Kier alpha value is -2.44. The van der Waals surface area contributed by atoms with Crippen LogP contribution in [0, 0.1) is 0 Å². The van der Waals surface area contributed by atoms with E-state index in [1.165, 1.54) is 178 Å². The number of hydrogen-bond acceptors (Lipinski definition) is 5. The number of fused-ring (bicyclic) bond motifs is 1. The van der Waals surface area contributed by atoms with Crippen molar-refractivity contribution < 1.29 is 4.42 Å². The molecular formula is C52H81NO3S2. The lowest BCUT2D eigenvalue weighted by molar-refractivity contribution is 0.529. The van der Waals surface area contributed by atoms with Crippen LogP contribution in [-0.4, -0.2) is 4.57 Å². The van der Waals surface area contributed by atoms with Crippen LogP contribution in [0.5, 0.6) is 0 Å². The van der Waals surface area contributed by atoms with Crippen molar-refractivity contribution in [1.82, 2.24) is 4.57 Å². The van der Waals surface area contributed by atoms with Crippen molar-refractivity contribution in [2.45, 2.75) is 233 Å². The van der Waals surface area contributed by atoms with Crippen molar-refractivity contribution in [3.8, 4) is 21.2 Å². The van der Waals surface area contributed by atoms with Gasteiger partial charge in [0.25, 0.3) is 5.56 Å². The first-order valence-corrected chi connectivity index (χ1v) is 26.2. The van der Waals surface area contributed by atoms with E-state index in [1.807, 2.05) is 16.7 Å². The number of aryl methyl sites for hydroxylation is 2. The zero-order chi connectivity index (χ0) is 41.0. The van der Waals surface area contributed by atoms with Crippen molar-refractivity contribution >= 4 is 33.4 Å². The lowest BCUT2D eigenvalue weighted by atomic mass is 10.0. The summed E-state index contributed by atoms with van der Waals surface area (Å²) in [4.78, 5) is 30.6. The molecule has 0 aliphatic heterocycles. The SMILES string of the molecule is CCCCCCCCCCCCc1ccsc1-c1cc2c(=O)n(CCCCCCCCCCCC)c(-c3sccc3CCCCCCCCCCCC)cc2c(=O)o1. The normalized spacial score (nSPS) is 11.7. The van der Waals surface area contributed by atoms with E-state index in [1.54, 1.807) is 22.7 Å². The van der Waals surface area contributed by atoms with Crippen LogP contribution < -0.4 is 11.2 Å². The molecule has 0 aromatic carbocycles. The maximum Gasteiger partial charge on any atom is 0.344 e. The fourth-order valence-electron chi connectivity index (χ4n) is 8.68. The summed E-state index contributed by atoms with van der Waals surface area (Å²) in [5.41, 5.74) is 2.97. The highest BCUT2D eigenvalue weighted by Crippen LogP contribution is 2.35. The van der Waals surface area contributed by atoms with Crippen LogP contribution in [0.3, 0.4) is 0 Å². The van der Waals surface area contributed by atoms with E-state index in [0.29, 0.717) is 23.1 Å². The molecular weight excluding hydrogens is 751 g/mol. The maximum atomic E-state index is 14.6. The van der Waals surface area contributed by atoms with Gasteiger partial charge in [0.1, 0.15) is 5.76 Å². The molecule has 0 spiro atoms. The molecule has 0 bridgehead atoms. The number of rotatable bonds is 35. The first kappa shape index (κ1) is 48.2. The molecule has 0 aliphatic carbocycles. The van der Waals surface area contributed by atoms with Crippen LogP contribution in [0.2, 0.25) is 0 Å². The minimum absolute atomic E-state index is 0.0522. The standard InChI is InChI=1S/C52H81NO3S2/c1-4-7-10-13-16-19-22-25-28-31-34-43-36-39-57-49(43)47-41-46-45(51(54)53(47)38-33-30-27-24-21-18-15-12-9-6-3)42-48(56-52(46)55)50-44(37-40-58-50)35-32-29-26-23-20-17-14-11-8-5-2/h36-37,39-42H,4-35,38H2,1-3H3. The summed E-state index contributed by atoms with van der Waals surface area (Å²) in [6.45, 7) is 7.51. The van der Waals surface area contributed by atoms with Gasteiger partial charge in [-0.05, 0) is 78.3 Å². The number of thiophene rings is 2. The van der Waals surface area contributed by atoms with Gasteiger partial charge in [0.15, 0.2) is 0 Å². The molecule has 58 heavy (non-hydrogen) atoms. The Labute approximate surface area is 361 Å². The Morgan fingerprint density at radius 3 is 1.33 bits per heavy atom. The lowest BCUT2D eigenvalue weighted by Gasteiger charge is -2.15. The predicted molar refractivity (Wildman–Crippen MR) is 256 cm³/mol. The topological polar surface area (TPSA) is 52.2 Å². The third-order valence-corrected chi connectivity index (χ3v) is 14.3. The summed E-state index contributed by atoms with van der Waals surface area (Å²) in [6, 6.07) is 8.28. The molecule has 0 amide bonds. The molecule has 4 heterocycles. The minimum atomic E-state index is -0.400. The number of aromatic nitrogens is 1. The second-order valence-electron chi connectivity index (χ2n) is 17.3. The third kappa shape index (κ3) is 16.9.